The highest BCUT2D eigenvalue weighted by Gasteiger charge is 2.17. The number of benzene rings is 1. The number of rotatable bonds is 4. The van der Waals surface area contributed by atoms with Gasteiger partial charge in [0, 0.05) is 5.56 Å². The fourth-order valence-corrected chi connectivity index (χ4v) is 1.74. The molecule has 6 heteroatoms. The second kappa shape index (κ2) is 5.31. The lowest BCUT2D eigenvalue weighted by atomic mass is 10.1. The molecule has 2 aromatic rings. The van der Waals surface area contributed by atoms with Gasteiger partial charge in [-0.05, 0) is 12.1 Å². The monoisotopic (exact) mass is 260 g/mol. The van der Waals surface area contributed by atoms with Crippen molar-refractivity contribution < 1.29 is 18.7 Å². The summed E-state index contributed by atoms with van der Waals surface area (Å²) in [4.78, 5) is 0. The van der Waals surface area contributed by atoms with Crippen LogP contribution in [0.15, 0.2) is 22.9 Å². The molecule has 1 aromatic heterocycles. The first-order chi connectivity index (χ1) is 9.24. The third-order valence-corrected chi connectivity index (χ3v) is 2.63. The minimum Gasteiger partial charge on any atom is -0.493 e. The predicted molar refractivity (Wildman–Crippen MR) is 66.3 cm³/mol. The molecule has 0 spiro atoms. The molecule has 0 unspecified atom stereocenters. The van der Waals surface area contributed by atoms with Crippen molar-refractivity contribution >= 4 is 0 Å². The van der Waals surface area contributed by atoms with Crippen LogP contribution in [0.1, 0.15) is 5.56 Å². The molecule has 1 aromatic carbocycles. The van der Waals surface area contributed by atoms with Crippen molar-refractivity contribution in [3.63, 3.8) is 0 Å². The van der Waals surface area contributed by atoms with Crippen molar-refractivity contribution in [1.82, 2.24) is 5.16 Å². The van der Waals surface area contributed by atoms with Gasteiger partial charge in [-0.3, -0.25) is 0 Å². The fraction of sp³-hybridized carbons (Fsp3) is 0.231. The van der Waals surface area contributed by atoms with Gasteiger partial charge in [0.25, 0.3) is 0 Å². The molecule has 1 heterocycles. The summed E-state index contributed by atoms with van der Waals surface area (Å²) in [6, 6.07) is 5.43. The minimum absolute atomic E-state index is 0.342. The Hall–Kier alpha value is -2.68. The van der Waals surface area contributed by atoms with Crippen LogP contribution in [-0.2, 0) is 0 Å². The number of aromatic nitrogens is 1. The molecule has 19 heavy (non-hydrogen) atoms. The maximum atomic E-state index is 8.99. The van der Waals surface area contributed by atoms with E-state index in [1.807, 2.05) is 6.07 Å². The van der Waals surface area contributed by atoms with Crippen LogP contribution in [0, 0.1) is 11.3 Å². The normalized spacial score (nSPS) is 9.79. The second-order valence-electron chi connectivity index (χ2n) is 3.60. The van der Waals surface area contributed by atoms with E-state index in [-0.39, 0.29) is 0 Å². The standard InChI is InChI=1S/C13H12N2O4/c1-16-10-4-8(5-11(17-2)13(10)18-3)12-9(6-14)7-19-15-12/h4-5,7H,1-3H3. The van der Waals surface area contributed by atoms with Crippen LogP contribution in [0.25, 0.3) is 11.3 Å². The molecule has 0 saturated heterocycles. The lowest BCUT2D eigenvalue weighted by Gasteiger charge is -2.13. The fourth-order valence-electron chi connectivity index (χ4n) is 1.74. The number of hydrogen-bond donors (Lipinski definition) is 0. The summed E-state index contributed by atoms with van der Waals surface area (Å²) in [5.41, 5.74) is 1.43. The van der Waals surface area contributed by atoms with Gasteiger partial charge < -0.3 is 18.7 Å². The molecule has 0 bridgehead atoms. The van der Waals surface area contributed by atoms with Gasteiger partial charge in [0.2, 0.25) is 5.75 Å². The molecule has 0 aliphatic heterocycles. The van der Waals surface area contributed by atoms with Gasteiger partial charge >= 0.3 is 0 Å². The number of nitrogens with zero attached hydrogens (tertiary/aromatic N) is 2. The van der Waals surface area contributed by atoms with E-state index in [1.165, 1.54) is 27.6 Å². The Labute approximate surface area is 110 Å². The average Bonchev–Trinajstić information content (AvgIpc) is 2.93. The highest BCUT2D eigenvalue weighted by Crippen LogP contribution is 2.41. The molecule has 2 rings (SSSR count). The Morgan fingerprint density at radius 2 is 1.74 bits per heavy atom. The largest absolute Gasteiger partial charge is 0.493 e. The van der Waals surface area contributed by atoms with Crippen molar-refractivity contribution in [1.29, 1.82) is 5.26 Å². The molecule has 6 nitrogen and oxygen atoms in total. The van der Waals surface area contributed by atoms with Crippen LogP contribution in [0.5, 0.6) is 17.2 Å². The molecule has 0 fully saturated rings. The van der Waals surface area contributed by atoms with E-state index >= 15 is 0 Å². The van der Waals surface area contributed by atoms with Gasteiger partial charge in [-0.15, -0.1) is 0 Å². The Morgan fingerprint density at radius 1 is 1.11 bits per heavy atom. The average molecular weight is 260 g/mol. The van der Waals surface area contributed by atoms with Crippen LogP contribution >= 0.6 is 0 Å². The molecule has 0 N–H and O–H groups in total. The third-order valence-electron chi connectivity index (χ3n) is 2.63. The van der Waals surface area contributed by atoms with Gasteiger partial charge in [0.15, 0.2) is 11.5 Å². The number of nitriles is 1. The zero-order chi connectivity index (χ0) is 13.8. The summed E-state index contributed by atoms with van der Waals surface area (Å²) in [5, 5.41) is 12.8. The van der Waals surface area contributed by atoms with E-state index in [9.17, 15) is 0 Å². The predicted octanol–water partition coefficient (Wildman–Crippen LogP) is 2.24. The zero-order valence-corrected chi connectivity index (χ0v) is 10.8. The number of methoxy groups -OCH3 is 3. The van der Waals surface area contributed by atoms with Crippen molar-refractivity contribution in [2.45, 2.75) is 0 Å². The summed E-state index contributed by atoms with van der Waals surface area (Å²) < 4.78 is 20.5. The Balaban J connectivity index is 2.63. The van der Waals surface area contributed by atoms with Crippen LogP contribution in [0.4, 0.5) is 0 Å². The summed E-state index contributed by atoms with van der Waals surface area (Å²) in [6.45, 7) is 0. The summed E-state index contributed by atoms with van der Waals surface area (Å²) >= 11 is 0. The SMILES string of the molecule is COc1cc(-c2nocc2C#N)cc(OC)c1OC. The number of hydrogen-bond acceptors (Lipinski definition) is 6. The molecule has 0 aliphatic carbocycles. The zero-order valence-electron chi connectivity index (χ0n) is 10.8. The van der Waals surface area contributed by atoms with Gasteiger partial charge in [-0.2, -0.15) is 5.26 Å². The Bertz CT molecular complexity index is 603. The topological polar surface area (TPSA) is 77.5 Å². The maximum absolute atomic E-state index is 8.99. The molecular formula is C13H12N2O4. The van der Waals surface area contributed by atoms with Gasteiger partial charge in [-0.25, -0.2) is 0 Å². The van der Waals surface area contributed by atoms with Crippen LogP contribution < -0.4 is 14.2 Å². The quantitative estimate of drug-likeness (QED) is 0.838. The first kappa shape index (κ1) is 12.8. The van der Waals surface area contributed by atoms with Crippen molar-refractivity contribution in [3.8, 4) is 34.6 Å². The maximum Gasteiger partial charge on any atom is 0.203 e. The molecule has 98 valence electrons. The first-order valence-corrected chi connectivity index (χ1v) is 5.40. The molecule has 0 aliphatic rings. The van der Waals surface area contributed by atoms with E-state index in [2.05, 4.69) is 5.16 Å². The Morgan fingerprint density at radius 3 is 2.21 bits per heavy atom. The molecular weight excluding hydrogens is 248 g/mol. The number of ether oxygens (including phenoxy) is 3. The molecule has 0 atom stereocenters. The smallest absolute Gasteiger partial charge is 0.203 e. The first-order valence-electron chi connectivity index (χ1n) is 5.40. The summed E-state index contributed by atoms with van der Waals surface area (Å²) in [7, 11) is 4.57. The van der Waals surface area contributed by atoms with Gasteiger partial charge in [0.1, 0.15) is 23.6 Å². The van der Waals surface area contributed by atoms with E-state index < -0.39 is 0 Å². The summed E-state index contributed by atoms with van der Waals surface area (Å²) in [6.07, 6.45) is 1.29. The molecule has 0 radical (unpaired) electrons. The summed E-state index contributed by atoms with van der Waals surface area (Å²) in [5.74, 6) is 1.46. The van der Waals surface area contributed by atoms with Crippen LogP contribution in [-0.4, -0.2) is 26.5 Å². The van der Waals surface area contributed by atoms with Gasteiger partial charge in [-0.1, -0.05) is 5.16 Å². The van der Waals surface area contributed by atoms with Crippen molar-refractivity contribution in [3.05, 3.63) is 24.0 Å². The lowest BCUT2D eigenvalue weighted by Crippen LogP contribution is -1.96. The minimum atomic E-state index is 0.342. The third kappa shape index (κ3) is 2.18. The van der Waals surface area contributed by atoms with Crippen LogP contribution in [0.3, 0.4) is 0 Å². The van der Waals surface area contributed by atoms with Gasteiger partial charge in [0.05, 0.1) is 21.3 Å². The van der Waals surface area contributed by atoms with Crippen molar-refractivity contribution in [2.24, 2.45) is 0 Å². The van der Waals surface area contributed by atoms with E-state index in [1.54, 1.807) is 12.1 Å². The van der Waals surface area contributed by atoms with Crippen LogP contribution in [0.2, 0.25) is 0 Å². The molecule has 0 saturated carbocycles. The Kier molecular flexibility index (Phi) is 3.57. The second-order valence-corrected chi connectivity index (χ2v) is 3.60. The van der Waals surface area contributed by atoms with E-state index in [0.29, 0.717) is 34.1 Å². The van der Waals surface area contributed by atoms with E-state index in [0.717, 1.165) is 0 Å². The lowest BCUT2D eigenvalue weighted by molar-refractivity contribution is 0.324. The van der Waals surface area contributed by atoms with E-state index in [4.69, 9.17) is 24.0 Å². The highest BCUT2D eigenvalue weighted by atomic mass is 16.5. The molecule has 0 amide bonds. The highest BCUT2D eigenvalue weighted by molar-refractivity contribution is 5.72. The van der Waals surface area contributed by atoms with Crippen molar-refractivity contribution in [2.75, 3.05) is 21.3 Å².